The van der Waals surface area contributed by atoms with Gasteiger partial charge in [0.2, 0.25) is 11.8 Å². The van der Waals surface area contributed by atoms with Gasteiger partial charge in [0.05, 0.1) is 12.6 Å². The maximum Gasteiger partial charge on any atom is 0.240 e. The summed E-state index contributed by atoms with van der Waals surface area (Å²) in [7, 11) is 0. The molecule has 0 bridgehead atoms. The fraction of sp³-hybridized carbons (Fsp3) is 0.286. The summed E-state index contributed by atoms with van der Waals surface area (Å²) in [4.78, 5) is 24.6. The maximum atomic E-state index is 12.2. The van der Waals surface area contributed by atoms with E-state index in [4.69, 9.17) is 11.5 Å². The Balaban J connectivity index is 2.83. The SMILES string of the molecule is C=CCC(N)C(=O)N(CC(N)=O)Cc1ccc(Br)cc1. The minimum atomic E-state index is -0.706. The van der Waals surface area contributed by atoms with E-state index in [2.05, 4.69) is 22.5 Å². The van der Waals surface area contributed by atoms with Crippen molar-refractivity contribution in [1.29, 1.82) is 0 Å². The molecule has 0 heterocycles. The van der Waals surface area contributed by atoms with Crippen LogP contribution in [-0.2, 0) is 16.1 Å². The zero-order valence-electron chi connectivity index (χ0n) is 11.1. The number of primary amides is 1. The number of hydrogen-bond acceptors (Lipinski definition) is 3. The van der Waals surface area contributed by atoms with Crippen molar-refractivity contribution in [2.75, 3.05) is 6.54 Å². The zero-order valence-corrected chi connectivity index (χ0v) is 12.7. The van der Waals surface area contributed by atoms with Gasteiger partial charge in [0.15, 0.2) is 0 Å². The Kier molecular flexibility index (Phi) is 6.41. The van der Waals surface area contributed by atoms with Crippen LogP contribution in [-0.4, -0.2) is 29.3 Å². The van der Waals surface area contributed by atoms with Crippen molar-refractivity contribution < 1.29 is 9.59 Å². The number of rotatable bonds is 7. The summed E-state index contributed by atoms with van der Waals surface area (Å²) < 4.78 is 0.942. The standard InChI is InChI=1S/C14H18BrN3O2/c1-2-3-12(16)14(20)18(9-13(17)19)8-10-4-6-11(15)7-5-10/h2,4-7,12H,1,3,8-9,16H2,(H2,17,19). The van der Waals surface area contributed by atoms with E-state index in [1.54, 1.807) is 6.08 Å². The average molecular weight is 340 g/mol. The third-order valence-electron chi connectivity index (χ3n) is 2.68. The second kappa shape index (κ2) is 7.81. The van der Waals surface area contributed by atoms with Gasteiger partial charge in [0.25, 0.3) is 0 Å². The average Bonchev–Trinajstić information content (AvgIpc) is 2.39. The van der Waals surface area contributed by atoms with Crippen molar-refractivity contribution in [3.8, 4) is 0 Å². The van der Waals surface area contributed by atoms with Crippen LogP contribution in [0.5, 0.6) is 0 Å². The molecule has 1 aromatic rings. The van der Waals surface area contributed by atoms with Crippen molar-refractivity contribution >= 4 is 27.7 Å². The predicted molar refractivity (Wildman–Crippen MR) is 81.5 cm³/mol. The first kappa shape index (κ1) is 16.4. The van der Waals surface area contributed by atoms with E-state index in [-0.39, 0.29) is 12.5 Å². The Morgan fingerprint density at radius 3 is 2.45 bits per heavy atom. The fourth-order valence-corrected chi connectivity index (χ4v) is 1.99. The Morgan fingerprint density at radius 1 is 1.35 bits per heavy atom. The molecule has 1 atom stereocenters. The van der Waals surface area contributed by atoms with Crippen LogP contribution in [0.4, 0.5) is 0 Å². The number of carbonyl (C=O) groups excluding carboxylic acids is 2. The summed E-state index contributed by atoms with van der Waals surface area (Å²) in [6, 6.07) is 6.76. The van der Waals surface area contributed by atoms with Crippen LogP contribution in [0.1, 0.15) is 12.0 Å². The van der Waals surface area contributed by atoms with Crippen molar-refractivity contribution in [1.82, 2.24) is 4.90 Å². The third kappa shape index (κ3) is 5.14. The maximum absolute atomic E-state index is 12.2. The van der Waals surface area contributed by atoms with E-state index >= 15 is 0 Å². The Morgan fingerprint density at radius 2 is 1.95 bits per heavy atom. The van der Waals surface area contributed by atoms with Crippen LogP contribution < -0.4 is 11.5 Å². The third-order valence-corrected chi connectivity index (χ3v) is 3.21. The summed E-state index contributed by atoms with van der Waals surface area (Å²) in [6.07, 6.45) is 1.93. The van der Waals surface area contributed by atoms with E-state index in [0.717, 1.165) is 10.0 Å². The lowest BCUT2D eigenvalue weighted by molar-refractivity contribution is -0.136. The van der Waals surface area contributed by atoms with Crippen molar-refractivity contribution in [3.63, 3.8) is 0 Å². The van der Waals surface area contributed by atoms with Crippen LogP contribution in [0.3, 0.4) is 0 Å². The molecule has 1 unspecified atom stereocenters. The highest BCUT2D eigenvalue weighted by molar-refractivity contribution is 9.10. The molecule has 0 aliphatic rings. The van der Waals surface area contributed by atoms with Crippen LogP contribution in [0, 0.1) is 0 Å². The molecule has 5 nitrogen and oxygen atoms in total. The molecular weight excluding hydrogens is 322 g/mol. The molecule has 20 heavy (non-hydrogen) atoms. The lowest BCUT2D eigenvalue weighted by Gasteiger charge is -2.24. The van der Waals surface area contributed by atoms with Crippen LogP contribution in [0.2, 0.25) is 0 Å². The highest BCUT2D eigenvalue weighted by atomic mass is 79.9. The topological polar surface area (TPSA) is 89.4 Å². The van der Waals surface area contributed by atoms with Crippen LogP contribution in [0.15, 0.2) is 41.4 Å². The van der Waals surface area contributed by atoms with Gasteiger partial charge in [-0.3, -0.25) is 9.59 Å². The second-order valence-electron chi connectivity index (χ2n) is 4.42. The van der Waals surface area contributed by atoms with Crippen molar-refractivity contribution in [2.45, 2.75) is 19.0 Å². The Labute approximate surface area is 126 Å². The first-order valence-corrected chi connectivity index (χ1v) is 6.91. The van der Waals surface area contributed by atoms with Crippen LogP contribution >= 0.6 is 15.9 Å². The second-order valence-corrected chi connectivity index (χ2v) is 5.33. The molecule has 0 saturated heterocycles. The minimum Gasteiger partial charge on any atom is -0.368 e. The van der Waals surface area contributed by atoms with Crippen molar-refractivity contribution in [3.05, 3.63) is 47.0 Å². The molecular formula is C14H18BrN3O2. The number of carbonyl (C=O) groups is 2. The normalized spacial score (nSPS) is 11.7. The molecule has 0 aliphatic heterocycles. The monoisotopic (exact) mass is 339 g/mol. The highest BCUT2D eigenvalue weighted by Gasteiger charge is 2.21. The molecule has 0 fully saturated rings. The van der Waals surface area contributed by atoms with Gasteiger partial charge >= 0.3 is 0 Å². The molecule has 2 amide bonds. The quantitative estimate of drug-likeness (QED) is 0.730. The van der Waals surface area contributed by atoms with E-state index in [0.29, 0.717) is 13.0 Å². The Bertz CT molecular complexity index is 488. The first-order chi connectivity index (χ1) is 9.43. The predicted octanol–water partition coefficient (Wildman–Crippen LogP) is 1.17. The smallest absolute Gasteiger partial charge is 0.240 e. The first-order valence-electron chi connectivity index (χ1n) is 6.12. The number of benzene rings is 1. The van der Waals surface area contributed by atoms with Gasteiger partial charge in [0.1, 0.15) is 0 Å². The number of hydrogen-bond donors (Lipinski definition) is 2. The molecule has 0 aromatic heterocycles. The molecule has 108 valence electrons. The highest BCUT2D eigenvalue weighted by Crippen LogP contribution is 2.13. The summed E-state index contributed by atoms with van der Waals surface area (Å²) in [5.41, 5.74) is 11.8. The van der Waals surface area contributed by atoms with Gasteiger partial charge < -0.3 is 16.4 Å². The molecule has 0 saturated carbocycles. The van der Waals surface area contributed by atoms with Gasteiger partial charge in [0, 0.05) is 11.0 Å². The zero-order chi connectivity index (χ0) is 15.1. The van der Waals surface area contributed by atoms with Gasteiger partial charge in [-0.15, -0.1) is 6.58 Å². The van der Waals surface area contributed by atoms with Gasteiger partial charge in [-0.2, -0.15) is 0 Å². The van der Waals surface area contributed by atoms with E-state index < -0.39 is 11.9 Å². The fourth-order valence-electron chi connectivity index (χ4n) is 1.72. The molecule has 4 N–H and O–H groups in total. The van der Waals surface area contributed by atoms with E-state index in [1.807, 2.05) is 24.3 Å². The van der Waals surface area contributed by atoms with Gasteiger partial charge in [-0.05, 0) is 24.1 Å². The van der Waals surface area contributed by atoms with Gasteiger partial charge in [-0.1, -0.05) is 34.1 Å². The number of nitrogens with two attached hydrogens (primary N) is 2. The molecule has 1 rings (SSSR count). The minimum absolute atomic E-state index is 0.153. The van der Waals surface area contributed by atoms with Crippen molar-refractivity contribution in [2.24, 2.45) is 11.5 Å². The summed E-state index contributed by atoms with van der Waals surface area (Å²) in [5.74, 6) is -0.882. The lowest BCUT2D eigenvalue weighted by atomic mass is 10.1. The number of amides is 2. The number of nitrogens with zero attached hydrogens (tertiary/aromatic N) is 1. The molecule has 0 aliphatic carbocycles. The van der Waals surface area contributed by atoms with Crippen LogP contribution in [0.25, 0.3) is 0 Å². The largest absolute Gasteiger partial charge is 0.368 e. The Hall–Kier alpha value is -1.66. The van der Waals surface area contributed by atoms with E-state index in [9.17, 15) is 9.59 Å². The molecule has 1 aromatic carbocycles. The summed E-state index contributed by atoms with van der Waals surface area (Å²) in [5, 5.41) is 0. The molecule has 0 radical (unpaired) electrons. The molecule has 0 spiro atoms. The summed E-state index contributed by atoms with van der Waals surface area (Å²) >= 11 is 3.34. The van der Waals surface area contributed by atoms with Gasteiger partial charge in [-0.25, -0.2) is 0 Å². The molecule has 6 heteroatoms. The van der Waals surface area contributed by atoms with E-state index in [1.165, 1.54) is 4.90 Å². The summed E-state index contributed by atoms with van der Waals surface area (Å²) in [6.45, 7) is 3.69. The lowest BCUT2D eigenvalue weighted by Crippen LogP contribution is -2.46. The number of halogens is 1.